The molecule has 6 nitrogen and oxygen atoms in total. The summed E-state index contributed by atoms with van der Waals surface area (Å²) in [6.45, 7) is 3.11. The Balaban J connectivity index is 2.06. The average molecular weight is 430 g/mol. The first-order valence-corrected chi connectivity index (χ1v) is 10.1. The Bertz CT molecular complexity index is 937. The summed E-state index contributed by atoms with van der Waals surface area (Å²) >= 11 is 5.93. The Morgan fingerprint density at radius 3 is 2.33 bits per heavy atom. The zero-order valence-corrected chi connectivity index (χ0v) is 17.7. The van der Waals surface area contributed by atoms with Gasteiger partial charge in [-0.25, -0.2) is 0 Å². The molecule has 0 spiro atoms. The number of hydrogen-bond donors (Lipinski definition) is 1. The van der Waals surface area contributed by atoms with Crippen LogP contribution in [0.1, 0.15) is 30.5 Å². The van der Waals surface area contributed by atoms with E-state index in [2.05, 4.69) is 0 Å². The first-order chi connectivity index (χ1) is 14.5. The molecule has 2 aromatic carbocycles. The second-order valence-corrected chi connectivity index (χ2v) is 7.35. The summed E-state index contributed by atoms with van der Waals surface area (Å²) in [5, 5.41) is 11.4. The number of aliphatic hydroxyl groups excluding tert-OH is 1. The monoisotopic (exact) mass is 429 g/mol. The van der Waals surface area contributed by atoms with E-state index >= 15 is 0 Å². The molecule has 1 unspecified atom stereocenters. The van der Waals surface area contributed by atoms with Crippen molar-refractivity contribution in [3.05, 3.63) is 70.3 Å². The molecule has 158 valence electrons. The maximum absolute atomic E-state index is 12.9. The number of aliphatic hydroxyl groups is 1. The molecule has 3 rings (SSSR count). The van der Waals surface area contributed by atoms with Crippen LogP contribution in [0.2, 0.25) is 5.02 Å². The lowest BCUT2D eigenvalue weighted by Gasteiger charge is -2.25. The van der Waals surface area contributed by atoms with Crippen molar-refractivity contribution in [3.8, 4) is 5.75 Å². The zero-order valence-electron chi connectivity index (χ0n) is 16.9. The molecule has 1 aliphatic heterocycles. The molecule has 1 atom stereocenters. The fraction of sp³-hybridized carbons (Fsp3) is 0.304. The second-order valence-electron chi connectivity index (χ2n) is 6.91. The van der Waals surface area contributed by atoms with Gasteiger partial charge < -0.3 is 19.5 Å². The smallest absolute Gasteiger partial charge is 0.295 e. The molecule has 2 aromatic rings. The van der Waals surface area contributed by atoms with Crippen molar-refractivity contribution >= 4 is 29.1 Å². The van der Waals surface area contributed by atoms with Gasteiger partial charge in [0.05, 0.1) is 24.8 Å². The summed E-state index contributed by atoms with van der Waals surface area (Å²) in [5.41, 5.74) is 1.15. The van der Waals surface area contributed by atoms with Crippen LogP contribution in [0.25, 0.3) is 5.76 Å². The van der Waals surface area contributed by atoms with Crippen LogP contribution < -0.4 is 4.74 Å². The van der Waals surface area contributed by atoms with E-state index < -0.39 is 17.7 Å². The number of methoxy groups -OCH3 is 1. The number of halogens is 1. The van der Waals surface area contributed by atoms with Crippen molar-refractivity contribution in [2.24, 2.45) is 0 Å². The quantitative estimate of drug-likeness (QED) is 0.386. The number of ether oxygens (including phenoxy) is 2. The zero-order chi connectivity index (χ0) is 21.7. The maximum Gasteiger partial charge on any atom is 0.295 e. The highest BCUT2D eigenvalue weighted by Gasteiger charge is 2.45. The highest BCUT2D eigenvalue weighted by atomic mass is 35.5. The van der Waals surface area contributed by atoms with Gasteiger partial charge >= 0.3 is 0 Å². The lowest BCUT2D eigenvalue weighted by Crippen LogP contribution is -2.32. The first kappa shape index (κ1) is 21.9. The summed E-state index contributed by atoms with van der Waals surface area (Å²) in [4.78, 5) is 27.0. The van der Waals surface area contributed by atoms with Crippen LogP contribution in [-0.4, -0.2) is 48.6 Å². The van der Waals surface area contributed by atoms with Crippen LogP contribution in [0.5, 0.6) is 5.75 Å². The number of nitrogens with zero attached hydrogens (tertiary/aromatic N) is 1. The van der Waals surface area contributed by atoms with E-state index in [0.717, 1.165) is 6.42 Å². The highest BCUT2D eigenvalue weighted by Crippen LogP contribution is 2.39. The van der Waals surface area contributed by atoms with Gasteiger partial charge in [-0.2, -0.15) is 0 Å². The number of carbonyl (C=O) groups is 2. The van der Waals surface area contributed by atoms with Gasteiger partial charge in [-0.05, 0) is 48.4 Å². The number of Topliss-reactive ketones (excluding diaryl/α,β-unsaturated/α-hetero) is 1. The van der Waals surface area contributed by atoms with Gasteiger partial charge in [0.2, 0.25) is 0 Å². The number of rotatable bonds is 8. The average Bonchev–Trinajstić information content (AvgIpc) is 3.01. The van der Waals surface area contributed by atoms with Gasteiger partial charge in [-0.3, -0.25) is 9.59 Å². The normalized spacial score (nSPS) is 18.1. The van der Waals surface area contributed by atoms with E-state index in [1.807, 2.05) is 6.92 Å². The lowest BCUT2D eigenvalue weighted by molar-refractivity contribution is -0.140. The molecule has 0 aliphatic carbocycles. The van der Waals surface area contributed by atoms with Gasteiger partial charge in [-0.1, -0.05) is 30.7 Å². The Hall–Kier alpha value is -2.83. The molecule has 1 amide bonds. The fourth-order valence-corrected chi connectivity index (χ4v) is 3.50. The van der Waals surface area contributed by atoms with Crippen LogP contribution in [0.4, 0.5) is 0 Å². The van der Waals surface area contributed by atoms with E-state index in [0.29, 0.717) is 28.5 Å². The van der Waals surface area contributed by atoms with E-state index in [4.69, 9.17) is 21.1 Å². The number of ketones is 1. The third-order valence-electron chi connectivity index (χ3n) is 4.86. The number of hydrogen-bond acceptors (Lipinski definition) is 5. The van der Waals surface area contributed by atoms with Crippen LogP contribution in [0.3, 0.4) is 0 Å². The molecular formula is C23H24ClNO5. The van der Waals surface area contributed by atoms with Crippen LogP contribution >= 0.6 is 11.6 Å². The van der Waals surface area contributed by atoms with Gasteiger partial charge in [0, 0.05) is 24.2 Å². The van der Waals surface area contributed by atoms with Crippen molar-refractivity contribution in [1.29, 1.82) is 0 Å². The molecule has 1 N–H and O–H groups in total. The molecule has 1 aliphatic rings. The summed E-state index contributed by atoms with van der Waals surface area (Å²) in [7, 11) is 1.53. The predicted octanol–water partition coefficient (Wildman–Crippen LogP) is 4.20. The minimum atomic E-state index is -0.727. The third-order valence-corrected chi connectivity index (χ3v) is 5.11. The minimum Gasteiger partial charge on any atom is -0.507 e. The Morgan fingerprint density at radius 1 is 1.07 bits per heavy atom. The summed E-state index contributed by atoms with van der Waals surface area (Å²) in [5.74, 6) is -0.929. The van der Waals surface area contributed by atoms with Crippen LogP contribution in [-0.2, 0) is 14.3 Å². The standard InChI is InChI=1S/C23H24ClNO5/c1-3-13-30-18-10-6-15(7-11-18)20-19(21(26)16-4-8-17(24)9-5-16)22(27)23(28)25(20)12-14-29-2/h4-11,20,26H,3,12-14H2,1-2H3/b21-19-. The van der Waals surface area contributed by atoms with E-state index in [1.54, 1.807) is 48.5 Å². The predicted molar refractivity (Wildman–Crippen MR) is 115 cm³/mol. The fourth-order valence-electron chi connectivity index (χ4n) is 3.38. The van der Waals surface area contributed by atoms with E-state index in [-0.39, 0.29) is 24.5 Å². The first-order valence-electron chi connectivity index (χ1n) is 9.74. The Morgan fingerprint density at radius 2 is 1.73 bits per heavy atom. The van der Waals surface area contributed by atoms with Gasteiger partial charge in [-0.15, -0.1) is 0 Å². The maximum atomic E-state index is 12.9. The molecule has 0 saturated carbocycles. The van der Waals surface area contributed by atoms with Crippen LogP contribution in [0, 0.1) is 0 Å². The number of amides is 1. The highest BCUT2D eigenvalue weighted by molar-refractivity contribution is 6.46. The molecule has 0 radical (unpaired) electrons. The summed E-state index contributed by atoms with van der Waals surface area (Å²) < 4.78 is 10.7. The van der Waals surface area contributed by atoms with E-state index in [9.17, 15) is 14.7 Å². The molecule has 7 heteroatoms. The van der Waals surface area contributed by atoms with Crippen molar-refractivity contribution < 1.29 is 24.2 Å². The van der Waals surface area contributed by atoms with Gasteiger partial charge in [0.15, 0.2) is 0 Å². The topological polar surface area (TPSA) is 76.1 Å². The molecule has 1 heterocycles. The molecule has 1 fully saturated rings. The molecule has 0 aromatic heterocycles. The van der Waals surface area contributed by atoms with Crippen molar-refractivity contribution in [1.82, 2.24) is 4.90 Å². The molecular weight excluding hydrogens is 406 g/mol. The molecule has 30 heavy (non-hydrogen) atoms. The second kappa shape index (κ2) is 9.78. The number of benzene rings is 2. The van der Waals surface area contributed by atoms with Crippen molar-refractivity contribution in [2.75, 3.05) is 26.9 Å². The number of likely N-dealkylation sites (tertiary alicyclic amines) is 1. The summed E-state index contributed by atoms with van der Waals surface area (Å²) in [6.07, 6.45) is 0.889. The van der Waals surface area contributed by atoms with Gasteiger partial charge in [0.25, 0.3) is 11.7 Å². The Labute approximate surface area is 180 Å². The minimum absolute atomic E-state index is 0.0423. The summed E-state index contributed by atoms with van der Waals surface area (Å²) in [6, 6.07) is 12.9. The van der Waals surface area contributed by atoms with E-state index in [1.165, 1.54) is 12.0 Å². The SMILES string of the molecule is CCCOc1ccc(C2/C(=C(/O)c3ccc(Cl)cc3)C(=O)C(=O)N2CCOC)cc1. The number of carbonyl (C=O) groups excluding carboxylic acids is 2. The van der Waals surface area contributed by atoms with Crippen LogP contribution in [0.15, 0.2) is 54.1 Å². The molecule has 1 saturated heterocycles. The third kappa shape index (κ3) is 4.50. The van der Waals surface area contributed by atoms with Crippen molar-refractivity contribution in [3.63, 3.8) is 0 Å². The largest absolute Gasteiger partial charge is 0.507 e. The lowest BCUT2D eigenvalue weighted by atomic mass is 9.95. The molecule has 0 bridgehead atoms. The van der Waals surface area contributed by atoms with Crippen molar-refractivity contribution in [2.45, 2.75) is 19.4 Å². The Kier molecular flexibility index (Phi) is 7.13. The van der Waals surface area contributed by atoms with Gasteiger partial charge in [0.1, 0.15) is 11.5 Å².